The summed E-state index contributed by atoms with van der Waals surface area (Å²) in [6.45, 7) is 4.04. The van der Waals surface area contributed by atoms with Gasteiger partial charge in [0.15, 0.2) is 0 Å². The van der Waals surface area contributed by atoms with Crippen LogP contribution in [0.1, 0.15) is 29.0 Å². The number of pyridine rings is 1. The predicted molar refractivity (Wildman–Crippen MR) is 77.5 cm³/mol. The van der Waals surface area contributed by atoms with Crippen LogP contribution in [0, 0.1) is 5.92 Å². The molecule has 110 valence electrons. The number of methoxy groups -OCH3 is 1. The molecule has 20 heavy (non-hydrogen) atoms. The first-order valence-electron chi connectivity index (χ1n) is 7.12. The van der Waals surface area contributed by atoms with Crippen molar-refractivity contribution < 1.29 is 9.53 Å². The normalized spacial score (nSPS) is 19.1. The molecule has 0 bridgehead atoms. The van der Waals surface area contributed by atoms with Crippen LogP contribution in [0.25, 0.3) is 0 Å². The zero-order valence-corrected chi connectivity index (χ0v) is 12.3. The molecule has 0 aromatic carbocycles. The van der Waals surface area contributed by atoms with Crippen LogP contribution in [-0.4, -0.2) is 49.6 Å². The van der Waals surface area contributed by atoms with Crippen LogP contribution in [0.15, 0.2) is 18.2 Å². The summed E-state index contributed by atoms with van der Waals surface area (Å²) in [5, 5.41) is 3.43. The fourth-order valence-electron chi connectivity index (χ4n) is 2.65. The van der Waals surface area contributed by atoms with Gasteiger partial charge in [-0.25, -0.2) is 9.78 Å². The molecule has 1 unspecified atom stereocenters. The molecule has 1 aromatic heterocycles. The highest BCUT2D eigenvalue weighted by Crippen LogP contribution is 2.12. The van der Waals surface area contributed by atoms with Crippen molar-refractivity contribution in [3.05, 3.63) is 29.6 Å². The van der Waals surface area contributed by atoms with E-state index in [0.717, 1.165) is 31.9 Å². The SMILES string of the molecule is COC(=O)c1cccc(CN(C)CC2CCCNC2)n1. The molecule has 1 aliphatic rings. The highest BCUT2D eigenvalue weighted by Gasteiger charge is 2.15. The van der Waals surface area contributed by atoms with Gasteiger partial charge in [-0.1, -0.05) is 6.07 Å². The van der Waals surface area contributed by atoms with Gasteiger partial charge in [-0.3, -0.25) is 0 Å². The van der Waals surface area contributed by atoms with Crippen LogP contribution < -0.4 is 5.32 Å². The van der Waals surface area contributed by atoms with E-state index in [2.05, 4.69) is 22.2 Å². The number of piperidine rings is 1. The fraction of sp³-hybridized carbons (Fsp3) is 0.600. The van der Waals surface area contributed by atoms with E-state index < -0.39 is 0 Å². The lowest BCUT2D eigenvalue weighted by atomic mass is 9.99. The van der Waals surface area contributed by atoms with Crippen LogP contribution in [-0.2, 0) is 11.3 Å². The Hall–Kier alpha value is -1.46. The molecule has 0 saturated carbocycles. The minimum Gasteiger partial charge on any atom is -0.464 e. The van der Waals surface area contributed by atoms with Crippen molar-refractivity contribution >= 4 is 5.97 Å². The van der Waals surface area contributed by atoms with E-state index in [1.807, 2.05) is 12.1 Å². The van der Waals surface area contributed by atoms with Crippen LogP contribution in [0.3, 0.4) is 0 Å². The Balaban J connectivity index is 1.89. The van der Waals surface area contributed by atoms with Crippen LogP contribution in [0.5, 0.6) is 0 Å². The maximum atomic E-state index is 11.5. The van der Waals surface area contributed by atoms with Gasteiger partial charge in [0.05, 0.1) is 12.8 Å². The molecular formula is C15H23N3O2. The maximum absolute atomic E-state index is 11.5. The van der Waals surface area contributed by atoms with E-state index in [4.69, 9.17) is 4.74 Å². The number of nitrogens with zero attached hydrogens (tertiary/aromatic N) is 2. The second-order valence-electron chi connectivity index (χ2n) is 5.41. The Bertz CT molecular complexity index is 444. The number of hydrogen-bond donors (Lipinski definition) is 1. The average molecular weight is 277 g/mol. The van der Waals surface area contributed by atoms with E-state index in [9.17, 15) is 4.79 Å². The summed E-state index contributed by atoms with van der Waals surface area (Å²) >= 11 is 0. The minimum atomic E-state index is -0.383. The molecule has 1 N–H and O–H groups in total. The molecule has 1 aliphatic heterocycles. The highest BCUT2D eigenvalue weighted by atomic mass is 16.5. The van der Waals surface area contributed by atoms with Gasteiger partial charge in [-0.05, 0) is 51.0 Å². The minimum absolute atomic E-state index is 0.373. The smallest absolute Gasteiger partial charge is 0.356 e. The van der Waals surface area contributed by atoms with Gasteiger partial charge in [0.1, 0.15) is 5.69 Å². The van der Waals surface area contributed by atoms with Crippen LogP contribution in [0.4, 0.5) is 0 Å². The van der Waals surface area contributed by atoms with Crippen molar-refractivity contribution in [3.63, 3.8) is 0 Å². The quantitative estimate of drug-likeness (QED) is 0.822. The van der Waals surface area contributed by atoms with Crippen molar-refractivity contribution in [2.75, 3.05) is 33.8 Å². The second kappa shape index (κ2) is 7.36. The molecular weight excluding hydrogens is 254 g/mol. The number of hydrogen-bond acceptors (Lipinski definition) is 5. The van der Waals surface area contributed by atoms with Gasteiger partial charge >= 0.3 is 5.97 Å². The Kier molecular flexibility index (Phi) is 5.49. The van der Waals surface area contributed by atoms with Crippen molar-refractivity contribution in [2.45, 2.75) is 19.4 Å². The molecule has 2 rings (SSSR count). The summed E-state index contributed by atoms with van der Waals surface area (Å²) in [6, 6.07) is 5.48. The largest absolute Gasteiger partial charge is 0.464 e. The standard InChI is InChI=1S/C15H23N3O2/c1-18(10-12-5-4-8-16-9-12)11-13-6-3-7-14(17-13)15(19)20-2/h3,6-7,12,16H,4-5,8-11H2,1-2H3. The van der Waals surface area contributed by atoms with Gasteiger partial charge in [0.25, 0.3) is 0 Å². The van der Waals surface area contributed by atoms with Gasteiger partial charge in [-0.15, -0.1) is 0 Å². The number of ether oxygens (including phenoxy) is 1. The summed E-state index contributed by atoms with van der Waals surface area (Å²) in [6.07, 6.45) is 2.54. The summed E-state index contributed by atoms with van der Waals surface area (Å²) in [4.78, 5) is 18.1. The number of nitrogens with one attached hydrogen (secondary N) is 1. The number of carbonyl (C=O) groups excluding carboxylic acids is 1. The van der Waals surface area contributed by atoms with E-state index in [0.29, 0.717) is 11.6 Å². The van der Waals surface area contributed by atoms with Crippen molar-refractivity contribution in [1.29, 1.82) is 0 Å². The third-order valence-corrected chi connectivity index (χ3v) is 3.60. The van der Waals surface area contributed by atoms with E-state index >= 15 is 0 Å². The molecule has 1 aromatic rings. The van der Waals surface area contributed by atoms with Crippen LogP contribution >= 0.6 is 0 Å². The van der Waals surface area contributed by atoms with Crippen molar-refractivity contribution in [3.8, 4) is 0 Å². The zero-order chi connectivity index (χ0) is 14.4. The van der Waals surface area contributed by atoms with Crippen molar-refractivity contribution in [1.82, 2.24) is 15.2 Å². The van der Waals surface area contributed by atoms with Gasteiger partial charge < -0.3 is 15.0 Å². The molecule has 2 heterocycles. The first kappa shape index (κ1) is 14.9. The summed E-state index contributed by atoms with van der Waals surface area (Å²) in [5.41, 5.74) is 1.27. The highest BCUT2D eigenvalue weighted by molar-refractivity contribution is 5.87. The average Bonchev–Trinajstić information content (AvgIpc) is 2.47. The second-order valence-corrected chi connectivity index (χ2v) is 5.41. The lowest BCUT2D eigenvalue weighted by Crippen LogP contribution is -2.36. The lowest BCUT2D eigenvalue weighted by molar-refractivity contribution is 0.0593. The van der Waals surface area contributed by atoms with Gasteiger partial charge in [0.2, 0.25) is 0 Å². The predicted octanol–water partition coefficient (Wildman–Crippen LogP) is 1.30. The first-order chi connectivity index (χ1) is 9.69. The van der Waals surface area contributed by atoms with Crippen LogP contribution in [0.2, 0.25) is 0 Å². The zero-order valence-electron chi connectivity index (χ0n) is 12.3. The van der Waals surface area contributed by atoms with Gasteiger partial charge in [0, 0.05) is 13.1 Å². The molecule has 0 amide bonds. The molecule has 1 saturated heterocycles. The number of rotatable bonds is 5. The summed E-state index contributed by atoms with van der Waals surface area (Å²) in [7, 11) is 3.47. The first-order valence-corrected chi connectivity index (χ1v) is 7.12. The van der Waals surface area contributed by atoms with Gasteiger partial charge in [-0.2, -0.15) is 0 Å². The van der Waals surface area contributed by atoms with Crippen molar-refractivity contribution in [2.24, 2.45) is 5.92 Å². The Morgan fingerprint density at radius 3 is 3.10 bits per heavy atom. The Morgan fingerprint density at radius 1 is 1.55 bits per heavy atom. The molecule has 1 fully saturated rings. The third-order valence-electron chi connectivity index (χ3n) is 3.60. The molecule has 0 spiro atoms. The maximum Gasteiger partial charge on any atom is 0.356 e. The molecule has 0 radical (unpaired) electrons. The summed E-state index contributed by atoms with van der Waals surface area (Å²) in [5.74, 6) is 0.323. The third kappa shape index (κ3) is 4.28. The number of aromatic nitrogens is 1. The molecule has 0 aliphatic carbocycles. The Labute approximate surface area is 120 Å². The molecule has 1 atom stereocenters. The van der Waals surface area contributed by atoms with E-state index in [1.54, 1.807) is 6.07 Å². The lowest BCUT2D eigenvalue weighted by Gasteiger charge is -2.27. The number of esters is 1. The number of carbonyl (C=O) groups is 1. The monoisotopic (exact) mass is 277 g/mol. The fourth-order valence-corrected chi connectivity index (χ4v) is 2.65. The van der Waals surface area contributed by atoms with E-state index in [-0.39, 0.29) is 5.97 Å². The Morgan fingerprint density at radius 2 is 2.40 bits per heavy atom. The molecule has 5 nitrogen and oxygen atoms in total. The summed E-state index contributed by atoms with van der Waals surface area (Å²) < 4.78 is 4.69. The molecule has 5 heteroatoms. The van der Waals surface area contributed by atoms with E-state index in [1.165, 1.54) is 20.0 Å². The topological polar surface area (TPSA) is 54.5 Å².